The molecule has 160 valence electrons. The Morgan fingerprint density at radius 3 is 2.72 bits per heavy atom. The molecule has 32 heavy (non-hydrogen) atoms. The van der Waals surface area contributed by atoms with Gasteiger partial charge < -0.3 is 11.1 Å². The van der Waals surface area contributed by atoms with Gasteiger partial charge in [0.2, 0.25) is 0 Å². The zero-order chi connectivity index (χ0) is 23.0. The molecule has 0 bridgehead atoms. The van der Waals surface area contributed by atoms with E-state index in [0.717, 1.165) is 0 Å². The van der Waals surface area contributed by atoms with Crippen molar-refractivity contribution in [2.24, 2.45) is 0 Å². The van der Waals surface area contributed by atoms with E-state index in [0.29, 0.717) is 27.9 Å². The van der Waals surface area contributed by atoms with E-state index in [1.807, 2.05) is 6.07 Å². The molecule has 9 nitrogen and oxygen atoms in total. The molecule has 0 aliphatic heterocycles. The average Bonchev–Trinajstić information content (AvgIpc) is 2.73. The van der Waals surface area contributed by atoms with E-state index >= 15 is 0 Å². The Morgan fingerprint density at radius 2 is 2.00 bits per heavy atom. The Labute approximate surface area is 192 Å². The van der Waals surface area contributed by atoms with Crippen LogP contribution in [0.1, 0.15) is 30.2 Å². The van der Waals surface area contributed by atoms with Crippen LogP contribution in [0.3, 0.4) is 0 Å². The highest BCUT2D eigenvalue weighted by molar-refractivity contribution is 6.35. The van der Waals surface area contributed by atoms with E-state index in [9.17, 15) is 10.1 Å². The van der Waals surface area contributed by atoms with Gasteiger partial charge in [-0.2, -0.15) is 5.26 Å². The van der Waals surface area contributed by atoms with E-state index in [-0.39, 0.29) is 33.2 Å². The van der Waals surface area contributed by atoms with Crippen LogP contribution in [0.25, 0.3) is 16.6 Å². The molecule has 1 aromatic carbocycles. The predicted molar refractivity (Wildman–Crippen MR) is 123 cm³/mol. The van der Waals surface area contributed by atoms with Crippen molar-refractivity contribution in [3.8, 4) is 11.8 Å². The van der Waals surface area contributed by atoms with Gasteiger partial charge in [0, 0.05) is 6.20 Å². The lowest BCUT2D eigenvalue weighted by atomic mass is 10.2. The second-order valence-electron chi connectivity index (χ2n) is 6.96. The van der Waals surface area contributed by atoms with Gasteiger partial charge >= 0.3 is 0 Å². The molecule has 0 fully saturated rings. The van der Waals surface area contributed by atoms with Crippen LogP contribution in [0.4, 0.5) is 11.6 Å². The third-order valence-corrected chi connectivity index (χ3v) is 5.24. The Morgan fingerprint density at radius 1 is 1.22 bits per heavy atom. The molecule has 0 aliphatic carbocycles. The predicted octanol–water partition coefficient (Wildman–Crippen LogP) is 3.81. The number of rotatable bonds is 4. The van der Waals surface area contributed by atoms with E-state index in [2.05, 4.69) is 25.3 Å². The van der Waals surface area contributed by atoms with Gasteiger partial charge in [0.05, 0.1) is 38.9 Å². The van der Waals surface area contributed by atoms with Crippen molar-refractivity contribution in [2.45, 2.75) is 19.9 Å². The number of nitrogens with two attached hydrogens (primary N) is 1. The molecule has 0 saturated heterocycles. The number of fused-ring (bicyclic) bond motifs is 1. The highest BCUT2D eigenvalue weighted by Crippen LogP contribution is 2.26. The first-order chi connectivity index (χ1) is 15.3. The largest absolute Gasteiger partial charge is 0.382 e. The summed E-state index contributed by atoms with van der Waals surface area (Å²) >= 11 is 12.4. The fourth-order valence-corrected chi connectivity index (χ4v) is 3.77. The van der Waals surface area contributed by atoms with Gasteiger partial charge in [0.25, 0.3) is 5.56 Å². The second-order valence-corrected chi connectivity index (χ2v) is 7.81. The monoisotopic (exact) mass is 466 g/mol. The summed E-state index contributed by atoms with van der Waals surface area (Å²) in [6, 6.07) is 8.07. The van der Waals surface area contributed by atoms with E-state index in [1.54, 1.807) is 38.1 Å². The van der Waals surface area contributed by atoms with Gasteiger partial charge in [0.15, 0.2) is 5.82 Å². The normalized spacial score (nSPS) is 11.8. The number of aryl methyl sites for hydroxylation is 1. The van der Waals surface area contributed by atoms with Crippen molar-refractivity contribution in [3.63, 3.8) is 0 Å². The number of hydrogen-bond donors (Lipinski definition) is 2. The molecule has 0 radical (unpaired) electrons. The minimum absolute atomic E-state index is 0.0596. The summed E-state index contributed by atoms with van der Waals surface area (Å²) < 4.78 is 1.38. The Balaban J connectivity index is 1.95. The Kier molecular flexibility index (Phi) is 5.65. The summed E-state index contributed by atoms with van der Waals surface area (Å²) in [6.07, 6.45) is 2.96. The van der Waals surface area contributed by atoms with Crippen molar-refractivity contribution >= 4 is 45.7 Å². The molecule has 4 rings (SSSR count). The van der Waals surface area contributed by atoms with Crippen LogP contribution in [0.15, 0.2) is 41.5 Å². The molecule has 0 saturated carbocycles. The zero-order valence-corrected chi connectivity index (χ0v) is 18.5. The summed E-state index contributed by atoms with van der Waals surface area (Å²) in [5.41, 5.74) is 6.44. The maximum Gasteiger partial charge on any atom is 0.267 e. The number of nitriles is 1. The summed E-state index contributed by atoms with van der Waals surface area (Å²) in [6.45, 7) is 3.44. The third kappa shape index (κ3) is 3.82. The fraction of sp³-hybridized carbons (Fsp3) is 0.143. The molecule has 3 heterocycles. The molecule has 1 atom stereocenters. The van der Waals surface area contributed by atoms with Gasteiger partial charge in [-0.15, -0.1) is 0 Å². The van der Waals surface area contributed by atoms with Crippen LogP contribution in [-0.4, -0.2) is 24.5 Å². The maximum atomic E-state index is 13.5. The molecule has 4 aromatic rings. The standard InChI is InChI=1S/C21H16Cl2N8O/c1-10(27-19-14(7-24)18(25)28-11(2)29-19)20-30-16-5-3-4-15(23)17(16)21(32)31(20)13-6-12(22)8-26-9-13/h3-6,8-10H,1-2H3,(H3,25,27,28,29)/t10-/m0/s1. The average molecular weight is 467 g/mol. The summed E-state index contributed by atoms with van der Waals surface area (Å²) in [7, 11) is 0. The molecule has 0 amide bonds. The third-order valence-electron chi connectivity index (χ3n) is 4.72. The van der Waals surface area contributed by atoms with Crippen molar-refractivity contribution < 1.29 is 0 Å². The van der Waals surface area contributed by atoms with Gasteiger partial charge in [-0.1, -0.05) is 29.3 Å². The second kappa shape index (κ2) is 8.42. The van der Waals surface area contributed by atoms with Crippen LogP contribution in [0.5, 0.6) is 0 Å². The Bertz CT molecular complexity index is 1460. The smallest absolute Gasteiger partial charge is 0.267 e. The lowest BCUT2D eigenvalue weighted by Gasteiger charge is -2.21. The number of pyridine rings is 1. The van der Waals surface area contributed by atoms with Crippen molar-refractivity contribution in [1.29, 1.82) is 5.26 Å². The number of nitrogens with one attached hydrogen (secondary N) is 1. The lowest BCUT2D eigenvalue weighted by molar-refractivity contribution is 0.728. The van der Waals surface area contributed by atoms with Gasteiger partial charge in [-0.3, -0.25) is 14.3 Å². The van der Waals surface area contributed by atoms with E-state index in [4.69, 9.17) is 28.9 Å². The molecular weight excluding hydrogens is 451 g/mol. The first kappa shape index (κ1) is 21.5. The first-order valence-electron chi connectivity index (χ1n) is 9.43. The van der Waals surface area contributed by atoms with Crippen LogP contribution in [0.2, 0.25) is 10.0 Å². The number of nitrogen functional groups attached to an aromatic ring is 1. The number of nitrogens with zero attached hydrogens (tertiary/aromatic N) is 6. The Hall–Kier alpha value is -3.74. The van der Waals surface area contributed by atoms with E-state index < -0.39 is 6.04 Å². The van der Waals surface area contributed by atoms with Gasteiger partial charge in [-0.25, -0.2) is 15.0 Å². The number of anilines is 2. The van der Waals surface area contributed by atoms with Crippen LogP contribution >= 0.6 is 23.2 Å². The van der Waals surface area contributed by atoms with Crippen LogP contribution in [-0.2, 0) is 0 Å². The quantitative estimate of drug-likeness (QED) is 0.463. The number of aromatic nitrogens is 5. The number of benzene rings is 1. The minimum atomic E-state index is -0.578. The topological polar surface area (TPSA) is 135 Å². The van der Waals surface area contributed by atoms with Crippen molar-refractivity contribution in [2.75, 3.05) is 11.1 Å². The molecule has 0 unspecified atom stereocenters. The van der Waals surface area contributed by atoms with Gasteiger partial charge in [-0.05, 0) is 32.0 Å². The number of halogens is 2. The van der Waals surface area contributed by atoms with Crippen molar-refractivity contribution in [1.82, 2.24) is 24.5 Å². The summed E-state index contributed by atoms with van der Waals surface area (Å²) in [4.78, 5) is 30.6. The number of hydrogen-bond acceptors (Lipinski definition) is 8. The first-order valence-corrected chi connectivity index (χ1v) is 10.2. The minimum Gasteiger partial charge on any atom is -0.382 e. The summed E-state index contributed by atoms with van der Waals surface area (Å²) in [5.74, 6) is 1.03. The fourth-order valence-electron chi connectivity index (χ4n) is 3.35. The highest BCUT2D eigenvalue weighted by Gasteiger charge is 2.22. The van der Waals surface area contributed by atoms with Gasteiger partial charge in [0.1, 0.15) is 29.1 Å². The van der Waals surface area contributed by atoms with Crippen LogP contribution in [0, 0.1) is 18.3 Å². The lowest BCUT2D eigenvalue weighted by Crippen LogP contribution is -2.28. The molecule has 3 aromatic heterocycles. The molecular formula is C21H16Cl2N8O. The van der Waals surface area contributed by atoms with E-state index in [1.165, 1.54) is 17.0 Å². The molecule has 0 aliphatic rings. The maximum absolute atomic E-state index is 13.5. The zero-order valence-electron chi connectivity index (χ0n) is 17.0. The highest BCUT2D eigenvalue weighted by atomic mass is 35.5. The molecule has 11 heteroatoms. The molecule has 0 spiro atoms. The van der Waals surface area contributed by atoms with Crippen molar-refractivity contribution in [3.05, 3.63) is 74.3 Å². The SMILES string of the molecule is Cc1nc(N)c(C#N)c(N[C@@H](C)c2nc3cccc(Cl)c3c(=O)n2-c2cncc(Cl)c2)n1. The van der Waals surface area contributed by atoms with Crippen LogP contribution < -0.4 is 16.6 Å². The summed E-state index contributed by atoms with van der Waals surface area (Å²) in [5, 5.41) is 13.5. The molecule has 3 N–H and O–H groups in total.